The molecule has 17 heavy (non-hydrogen) atoms. The summed E-state index contributed by atoms with van der Waals surface area (Å²) in [4.78, 5) is 0. The van der Waals surface area contributed by atoms with Crippen molar-refractivity contribution in [3.63, 3.8) is 0 Å². The minimum atomic E-state index is 0.0870. The summed E-state index contributed by atoms with van der Waals surface area (Å²) in [6.45, 7) is 3.83. The topological polar surface area (TPSA) is 71.1 Å². The number of benzene rings is 1. The smallest absolute Gasteiger partial charge is 0.174 e. The lowest BCUT2D eigenvalue weighted by Gasteiger charge is -2.14. The van der Waals surface area contributed by atoms with Gasteiger partial charge in [0.25, 0.3) is 0 Å². The van der Waals surface area contributed by atoms with E-state index >= 15 is 0 Å². The van der Waals surface area contributed by atoms with Crippen LogP contribution in [0.1, 0.15) is 24.9 Å². The Morgan fingerprint density at radius 2 is 2.12 bits per heavy atom. The van der Waals surface area contributed by atoms with Gasteiger partial charge in [-0.3, -0.25) is 0 Å². The minimum Gasteiger partial charge on any atom is -0.479 e. The normalized spacial score (nSPS) is 11.8. The summed E-state index contributed by atoms with van der Waals surface area (Å²) in [5.41, 5.74) is 6.64. The molecule has 0 aliphatic carbocycles. The van der Waals surface area contributed by atoms with Crippen molar-refractivity contribution in [2.45, 2.75) is 19.4 Å². The zero-order valence-corrected chi connectivity index (χ0v) is 10.1. The van der Waals surface area contributed by atoms with Crippen LogP contribution in [0.3, 0.4) is 0 Å². The minimum absolute atomic E-state index is 0.0870. The lowest BCUT2D eigenvalue weighted by Crippen LogP contribution is -2.21. The van der Waals surface area contributed by atoms with Crippen LogP contribution in [0.4, 0.5) is 0 Å². The van der Waals surface area contributed by atoms with Gasteiger partial charge >= 0.3 is 0 Å². The summed E-state index contributed by atoms with van der Waals surface area (Å²) in [5, 5.41) is 11.8. The fraction of sp³-hybridized carbons (Fsp3) is 0.462. The van der Waals surface area contributed by atoms with Crippen molar-refractivity contribution < 1.29 is 4.74 Å². The Balaban J connectivity index is 2.46. The van der Waals surface area contributed by atoms with Crippen LogP contribution >= 0.6 is 0 Å². The van der Waals surface area contributed by atoms with Gasteiger partial charge in [-0.15, -0.1) is 0 Å². The second-order valence-electron chi connectivity index (χ2n) is 3.83. The predicted octanol–water partition coefficient (Wildman–Crippen LogP) is 1.59. The SMILES string of the molecule is CC(NCCCN)c1ccc(OCC#N)cc1. The van der Waals surface area contributed by atoms with Gasteiger partial charge in [-0.1, -0.05) is 12.1 Å². The largest absolute Gasteiger partial charge is 0.479 e. The molecule has 0 radical (unpaired) electrons. The fourth-order valence-electron chi connectivity index (χ4n) is 1.51. The van der Waals surface area contributed by atoms with E-state index in [4.69, 9.17) is 15.7 Å². The Morgan fingerprint density at radius 3 is 2.71 bits per heavy atom. The highest BCUT2D eigenvalue weighted by molar-refractivity contribution is 5.29. The van der Waals surface area contributed by atoms with Crippen molar-refractivity contribution in [1.82, 2.24) is 5.32 Å². The van der Waals surface area contributed by atoms with Gasteiger partial charge in [0.2, 0.25) is 0 Å². The quantitative estimate of drug-likeness (QED) is 0.701. The average molecular weight is 233 g/mol. The molecule has 0 bridgehead atoms. The number of ether oxygens (including phenoxy) is 1. The van der Waals surface area contributed by atoms with Crippen molar-refractivity contribution in [1.29, 1.82) is 5.26 Å². The Hall–Kier alpha value is -1.57. The van der Waals surface area contributed by atoms with Crippen LogP contribution < -0.4 is 15.8 Å². The van der Waals surface area contributed by atoms with Gasteiger partial charge in [0.15, 0.2) is 6.61 Å². The maximum absolute atomic E-state index is 8.40. The van der Waals surface area contributed by atoms with Crippen LogP contribution in [0, 0.1) is 11.3 Å². The van der Waals surface area contributed by atoms with Crippen LogP contribution in [0.25, 0.3) is 0 Å². The molecular formula is C13H19N3O. The summed E-state index contributed by atoms with van der Waals surface area (Å²) in [6.07, 6.45) is 0.980. The lowest BCUT2D eigenvalue weighted by atomic mass is 10.1. The molecule has 0 fully saturated rings. The van der Waals surface area contributed by atoms with E-state index in [1.54, 1.807) is 0 Å². The molecule has 0 heterocycles. The van der Waals surface area contributed by atoms with Crippen LogP contribution in [-0.2, 0) is 0 Å². The molecule has 4 nitrogen and oxygen atoms in total. The molecule has 4 heteroatoms. The van der Waals surface area contributed by atoms with E-state index in [1.807, 2.05) is 30.3 Å². The zero-order valence-electron chi connectivity index (χ0n) is 10.1. The van der Waals surface area contributed by atoms with Gasteiger partial charge in [-0.25, -0.2) is 0 Å². The molecule has 1 unspecified atom stereocenters. The van der Waals surface area contributed by atoms with Gasteiger partial charge in [-0.05, 0) is 44.1 Å². The zero-order chi connectivity index (χ0) is 12.5. The number of nitrogens with one attached hydrogen (secondary N) is 1. The third kappa shape index (κ3) is 4.85. The predicted molar refractivity (Wildman–Crippen MR) is 67.6 cm³/mol. The summed E-state index contributed by atoms with van der Waals surface area (Å²) in [5.74, 6) is 0.726. The first-order chi connectivity index (χ1) is 8.27. The molecule has 1 aromatic carbocycles. The molecule has 92 valence electrons. The van der Waals surface area contributed by atoms with Crippen LogP contribution in [-0.4, -0.2) is 19.7 Å². The Kier molecular flexibility index (Phi) is 6.08. The first-order valence-corrected chi connectivity index (χ1v) is 5.81. The molecule has 0 aliphatic heterocycles. The first-order valence-electron chi connectivity index (χ1n) is 5.81. The van der Waals surface area contributed by atoms with Crippen LogP contribution in [0.5, 0.6) is 5.75 Å². The van der Waals surface area contributed by atoms with Crippen LogP contribution in [0.2, 0.25) is 0 Å². The molecular weight excluding hydrogens is 214 g/mol. The highest BCUT2D eigenvalue weighted by atomic mass is 16.5. The van der Waals surface area contributed by atoms with E-state index in [9.17, 15) is 0 Å². The Bertz CT molecular complexity index is 356. The second kappa shape index (κ2) is 7.66. The third-order valence-electron chi connectivity index (χ3n) is 2.51. The number of hydrogen-bond donors (Lipinski definition) is 2. The first kappa shape index (κ1) is 13.5. The van der Waals surface area contributed by atoms with Gasteiger partial charge in [0.1, 0.15) is 11.8 Å². The Labute approximate surface area is 102 Å². The molecule has 0 aromatic heterocycles. The van der Waals surface area contributed by atoms with Crippen molar-refractivity contribution >= 4 is 0 Å². The maximum Gasteiger partial charge on any atom is 0.174 e. The van der Waals surface area contributed by atoms with E-state index < -0.39 is 0 Å². The molecule has 1 rings (SSSR count). The summed E-state index contributed by atoms with van der Waals surface area (Å²) in [6, 6.07) is 10.0. The summed E-state index contributed by atoms with van der Waals surface area (Å²) in [7, 11) is 0. The lowest BCUT2D eigenvalue weighted by molar-refractivity contribution is 0.368. The third-order valence-corrected chi connectivity index (χ3v) is 2.51. The Morgan fingerprint density at radius 1 is 1.41 bits per heavy atom. The number of nitrogens with two attached hydrogens (primary N) is 1. The summed E-state index contributed by atoms with van der Waals surface area (Å²) >= 11 is 0. The molecule has 3 N–H and O–H groups in total. The molecule has 0 amide bonds. The highest BCUT2D eigenvalue weighted by Gasteiger charge is 2.04. The monoisotopic (exact) mass is 233 g/mol. The molecule has 0 saturated heterocycles. The number of hydrogen-bond acceptors (Lipinski definition) is 4. The van der Waals surface area contributed by atoms with Gasteiger partial charge in [-0.2, -0.15) is 5.26 Å². The van der Waals surface area contributed by atoms with E-state index in [0.717, 1.165) is 18.7 Å². The highest BCUT2D eigenvalue weighted by Crippen LogP contribution is 2.17. The fourth-order valence-corrected chi connectivity index (χ4v) is 1.51. The molecule has 0 aliphatic rings. The van der Waals surface area contributed by atoms with Gasteiger partial charge in [0, 0.05) is 6.04 Å². The van der Waals surface area contributed by atoms with Crippen molar-refractivity contribution in [2.75, 3.05) is 19.7 Å². The second-order valence-corrected chi connectivity index (χ2v) is 3.83. The number of nitrogens with zero attached hydrogens (tertiary/aromatic N) is 1. The average Bonchev–Trinajstić information content (AvgIpc) is 2.37. The van der Waals surface area contributed by atoms with Crippen molar-refractivity contribution in [2.24, 2.45) is 5.73 Å². The van der Waals surface area contributed by atoms with Crippen molar-refractivity contribution in [3.05, 3.63) is 29.8 Å². The summed E-state index contributed by atoms with van der Waals surface area (Å²) < 4.78 is 5.19. The molecule has 0 saturated carbocycles. The number of nitriles is 1. The van der Waals surface area contributed by atoms with E-state index in [2.05, 4.69) is 12.2 Å². The standard InChI is InChI=1S/C13H19N3O/c1-11(16-9-2-7-14)12-3-5-13(6-4-12)17-10-8-15/h3-6,11,16H,2,7,9-10,14H2,1H3. The molecule has 1 aromatic rings. The van der Waals surface area contributed by atoms with Crippen LogP contribution in [0.15, 0.2) is 24.3 Å². The van der Waals surface area contributed by atoms with Gasteiger partial charge < -0.3 is 15.8 Å². The van der Waals surface area contributed by atoms with Gasteiger partial charge in [0.05, 0.1) is 0 Å². The molecule has 1 atom stereocenters. The van der Waals surface area contributed by atoms with E-state index in [-0.39, 0.29) is 6.61 Å². The molecule has 0 spiro atoms. The van der Waals surface area contributed by atoms with E-state index in [1.165, 1.54) is 5.56 Å². The number of rotatable bonds is 7. The van der Waals surface area contributed by atoms with E-state index in [0.29, 0.717) is 12.6 Å². The maximum atomic E-state index is 8.40. The van der Waals surface area contributed by atoms with Crippen molar-refractivity contribution in [3.8, 4) is 11.8 Å².